The molecule has 1 N–H and O–H groups in total. The lowest BCUT2D eigenvalue weighted by Gasteiger charge is -2.05. The van der Waals surface area contributed by atoms with Crippen LogP contribution in [0.25, 0.3) is 0 Å². The molecule has 130 valence electrons. The van der Waals surface area contributed by atoms with Crippen molar-refractivity contribution in [1.82, 2.24) is 5.32 Å². The van der Waals surface area contributed by atoms with Gasteiger partial charge in [0.15, 0.2) is 0 Å². The van der Waals surface area contributed by atoms with Crippen LogP contribution < -0.4 is 5.32 Å². The van der Waals surface area contributed by atoms with E-state index in [9.17, 15) is 0 Å². The van der Waals surface area contributed by atoms with E-state index in [4.69, 9.17) is 0 Å². The molecule has 0 aliphatic rings. The molecule has 0 atom stereocenters. The van der Waals surface area contributed by atoms with Gasteiger partial charge in [-0.3, -0.25) is 0 Å². The van der Waals surface area contributed by atoms with Crippen LogP contribution in [0.1, 0.15) is 62.5 Å². The van der Waals surface area contributed by atoms with Gasteiger partial charge in [0.05, 0.1) is 0 Å². The van der Waals surface area contributed by atoms with Crippen LogP contribution in [0.5, 0.6) is 0 Å². The van der Waals surface area contributed by atoms with E-state index in [-0.39, 0.29) is 0 Å². The molecule has 1 nitrogen and oxygen atoms in total. The molecule has 0 radical (unpaired) electrons. The van der Waals surface area contributed by atoms with Crippen molar-refractivity contribution in [1.29, 1.82) is 0 Å². The fourth-order valence-corrected chi connectivity index (χ4v) is 3.11. The summed E-state index contributed by atoms with van der Waals surface area (Å²) in [7, 11) is 0. The van der Waals surface area contributed by atoms with E-state index in [1.54, 1.807) is 0 Å². The Morgan fingerprint density at radius 3 is 1.62 bits per heavy atom. The van der Waals surface area contributed by atoms with Crippen LogP contribution in [0.3, 0.4) is 0 Å². The number of aryl methyl sites for hydroxylation is 1. The van der Waals surface area contributed by atoms with E-state index in [2.05, 4.69) is 66.0 Å². The zero-order valence-electron chi connectivity index (χ0n) is 15.1. The van der Waals surface area contributed by atoms with Crippen molar-refractivity contribution in [3.8, 4) is 0 Å². The fourth-order valence-electron chi connectivity index (χ4n) is 3.11. The highest BCUT2D eigenvalue weighted by Gasteiger charge is 1.95. The molecule has 24 heavy (non-hydrogen) atoms. The van der Waals surface area contributed by atoms with E-state index >= 15 is 0 Å². The first-order valence-corrected chi connectivity index (χ1v) is 9.74. The largest absolute Gasteiger partial charge is 0.313 e. The Balaban J connectivity index is 1.32. The van der Waals surface area contributed by atoms with Crippen LogP contribution in [0.2, 0.25) is 0 Å². The number of rotatable bonds is 13. The van der Waals surface area contributed by atoms with Gasteiger partial charge in [0, 0.05) is 6.54 Å². The van der Waals surface area contributed by atoms with Gasteiger partial charge in [-0.2, -0.15) is 0 Å². The zero-order valence-corrected chi connectivity index (χ0v) is 15.1. The molecule has 0 aliphatic carbocycles. The zero-order chi connectivity index (χ0) is 16.7. The van der Waals surface area contributed by atoms with E-state index in [0.717, 1.165) is 13.1 Å². The Morgan fingerprint density at radius 2 is 1.00 bits per heavy atom. The second kappa shape index (κ2) is 12.8. The van der Waals surface area contributed by atoms with Crippen LogP contribution in [0.15, 0.2) is 60.7 Å². The van der Waals surface area contributed by atoms with Gasteiger partial charge < -0.3 is 5.32 Å². The molecule has 0 saturated heterocycles. The van der Waals surface area contributed by atoms with Gasteiger partial charge in [-0.1, -0.05) is 99.2 Å². The third-order valence-electron chi connectivity index (χ3n) is 4.58. The predicted octanol–water partition coefficient (Wildman–Crippen LogP) is 6.14. The van der Waals surface area contributed by atoms with Gasteiger partial charge in [-0.05, 0) is 36.9 Å². The van der Waals surface area contributed by atoms with Crippen LogP contribution in [0, 0.1) is 0 Å². The normalized spacial score (nSPS) is 10.8. The van der Waals surface area contributed by atoms with Crippen LogP contribution in [0.4, 0.5) is 0 Å². The summed E-state index contributed by atoms with van der Waals surface area (Å²) >= 11 is 0. The Hall–Kier alpha value is -1.60. The molecule has 0 saturated carbocycles. The molecule has 0 amide bonds. The first-order valence-electron chi connectivity index (χ1n) is 9.74. The molecule has 0 unspecified atom stereocenters. The maximum Gasteiger partial charge on any atom is 0.0205 e. The number of unbranched alkanes of at least 4 members (excludes halogenated alkanes) is 7. The van der Waals surface area contributed by atoms with Crippen molar-refractivity contribution in [3.05, 3.63) is 71.8 Å². The molecule has 0 bridgehead atoms. The molecular formula is C23H33N. The van der Waals surface area contributed by atoms with Gasteiger partial charge in [-0.15, -0.1) is 0 Å². The van der Waals surface area contributed by atoms with Gasteiger partial charge >= 0.3 is 0 Å². The standard InChI is InChI=1S/C23H33N/c1(3-5-9-15-22-16-10-7-11-17-22)2-4-6-14-20-24-21-23-18-12-8-13-19-23/h7-8,10-13,16-19,24H,1-6,9,14-15,20-21H2. The van der Waals surface area contributed by atoms with Crippen molar-refractivity contribution in [3.63, 3.8) is 0 Å². The number of hydrogen-bond donors (Lipinski definition) is 1. The predicted molar refractivity (Wildman–Crippen MR) is 105 cm³/mol. The SMILES string of the molecule is c1ccc(CCCCCCCCCCNCc2ccccc2)cc1. The van der Waals surface area contributed by atoms with Gasteiger partial charge in [0.2, 0.25) is 0 Å². The van der Waals surface area contributed by atoms with Crippen molar-refractivity contribution < 1.29 is 0 Å². The van der Waals surface area contributed by atoms with E-state index < -0.39 is 0 Å². The van der Waals surface area contributed by atoms with Crippen molar-refractivity contribution in [2.24, 2.45) is 0 Å². The van der Waals surface area contributed by atoms with E-state index in [0.29, 0.717) is 0 Å². The molecule has 1 heteroatoms. The molecule has 2 rings (SSSR count). The molecule has 0 aliphatic heterocycles. The van der Waals surface area contributed by atoms with Gasteiger partial charge in [0.25, 0.3) is 0 Å². The second-order valence-electron chi connectivity index (χ2n) is 6.73. The maximum atomic E-state index is 3.54. The average molecular weight is 324 g/mol. The highest BCUT2D eigenvalue weighted by Crippen LogP contribution is 2.11. The molecule has 0 spiro atoms. The van der Waals surface area contributed by atoms with Crippen LogP contribution in [-0.2, 0) is 13.0 Å². The Bertz CT molecular complexity index is 457. The quantitative estimate of drug-likeness (QED) is 0.437. The number of nitrogens with one attached hydrogen (secondary N) is 1. The monoisotopic (exact) mass is 323 g/mol. The molecule has 0 heterocycles. The summed E-state index contributed by atoms with van der Waals surface area (Å²) in [4.78, 5) is 0. The van der Waals surface area contributed by atoms with E-state index in [1.165, 1.54) is 68.9 Å². The summed E-state index contributed by atoms with van der Waals surface area (Å²) in [6, 6.07) is 21.5. The van der Waals surface area contributed by atoms with Crippen LogP contribution >= 0.6 is 0 Å². The van der Waals surface area contributed by atoms with Gasteiger partial charge in [0.1, 0.15) is 0 Å². The van der Waals surface area contributed by atoms with Crippen molar-refractivity contribution in [2.45, 2.75) is 64.3 Å². The maximum absolute atomic E-state index is 3.54. The highest BCUT2D eigenvalue weighted by atomic mass is 14.8. The minimum absolute atomic E-state index is 1.00. The average Bonchev–Trinajstić information content (AvgIpc) is 2.64. The fraction of sp³-hybridized carbons (Fsp3) is 0.478. The smallest absolute Gasteiger partial charge is 0.0205 e. The first kappa shape index (κ1) is 18.7. The Kier molecular flexibility index (Phi) is 9.97. The second-order valence-corrected chi connectivity index (χ2v) is 6.73. The molecule has 0 fully saturated rings. The minimum Gasteiger partial charge on any atom is -0.313 e. The lowest BCUT2D eigenvalue weighted by molar-refractivity contribution is 0.550. The Labute approximate surface area is 148 Å². The Morgan fingerprint density at radius 1 is 0.500 bits per heavy atom. The minimum atomic E-state index is 1.00. The number of hydrogen-bond acceptors (Lipinski definition) is 1. The molecule has 0 aromatic heterocycles. The molecule has 2 aromatic carbocycles. The third-order valence-corrected chi connectivity index (χ3v) is 4.58. The summed E-state index contributed by atoms with van der Waals surface area (Å²) in [5, 5.41) is 3.54. The topological polar surface area (TPSA) is 12.0 Å². The lowest BCUT2D eigenvalue weighted by atomic mass is 10.0. The van der Waals surface area contributed by atoms with E-state index in [1.807, 2.05) is 0 Å². The highest BCUT2D eigenvalue weighted by molar-refractivity contribution is 5.15. The van der Waals surface area contributed by atoms with Crippen molar-refractivity contribution >= 4 is 0 Å². The van der Waals surface area contributed by atoms with Crippen molar-refractivity contribution in [2.75, 3.05) is 6.54 Å². The summed E-state index contributed by atoms with van der Waals surface area (Å²) in [6.45, 7) is 2.15. The summed E-state index contributed by atoms with van der Waals surface area (Å²) in [5.74, 6) is 0. The summed E-state index contributed by atoms with van der Waals surface area (Å²) in [6.07, 6.45) is 12.3. The van der Waals surface area contributed by atoms with Crippen LogP contribution in [-0.4, -0.2) is 6.54 Å². The summed E-state index contributed by atoms with van der Waals surface area (Å²) < 4.78 is 0. The third kappa shape index (κ3) is 8.88. The number of benzene rings is 2. The molecular weight excluding hydrogens is 290 g/mol. The van der Waals surface area contributed by atoms with Gasteiger partial charge in [-0.25, -0.2) is 0 Å². The molecule has 2 aromatic rings. The first-order chi connectivity index (χ1) is 11.9. The lowest BCUT2D eigenvalue weighted by Crippen LogP contribution is -2.14. The summed E-state index contributed by atoms with van der Waals surface area (Å²) in [5.41, 5.74) is 2.87.